The van der Waals surface area contributed by atoms with Crippen molar-refractivity contribution in [1.82, 2.24) is 10.1 Å². The second kappa shape index (κ2) is 5.15. The standard InChI is InChI=1S/C12H14N4O3/c1-7(8(2)13)12-14-11(15-19-12)9-4-3-5-10(6-9)16(17)18/h3-8H,13H2,1-2H3. The molecule has 2 rings (SSSR count). The van der Waals surface area contributed by atoms with Crippen LogP contribution in [-0.4, -0.2) is 21.1 Å². The SMILES string of the molecule is CC(N)C(C)c1nc(-c2cccc([N+](=O)[O-])c2)no1. The molecule has 2 N–H and O–H groups in total. The molecule has 0 saturated heterocycles. The van der Waals surface area contributed by atoms with Crippen LogP contribution in [0.3, 0.4) is 0 Å². The minimum Gasteiger partial charge on any atom is -0.339 e. The molecule has 0 aliphatic carbocycles. The van der Waals surface area contributed by atoms with E-state index < -0.39 is 4.92 Å². The van der Waals surface area contributed by atoms with E-state index in [4.69, 9.17) is 10.3 Å². The third-order valence-corrected chi connectivity index (χ3v) is 2.94. The third-order valence-electron chi connectivity index (χ3n) is 2.94. The van der Waals surface area contributed by atoms with E-state index in [2.05, 4.69) is 10.1 Å². The molecule has 2 atom stereocenters. The molecule has 100 valence electrons. The average Bonchev–Trinajstić information content (AvgIpc) is 2.87. The summed E-state index contributed by atoms with van der Waals surface area (Å²) in [4.78, 5) is 14.5. The number of benzene rings is 1. The Morgan fingerprint density at radius 2 is 2.16 bits per heavy atom. The zero-order valence-corrected chi connectivity index (χ0v) is 10.6. The van der Waals surface area contributed by atoms with Gasteiger partial charge in [0.05, 0.1) is 10.8 Å². The second-order valence-electron chi connectivity index (χ2n) is 4.41. The highest BCUT2D eigenvalue weighted by Crippen LogP contribution is 2.24. The number of nitro benzene ring substituents is 1. The third kappa shape index (κ3) is 2.76. The van der Waals surface area contributed by atoms with Crippen LogP contribution in [0.4, 0.5) is 5.69 Å². The van der Waals surface area contributed by atoms with Crippen LogP contribution in [0.2, 0.25) is 0 Å². The Morgan fingerprint density at radius 3 is 2.79 bits per heavy atom. The van der Waals surface area contributed by atoms with Crippen molar-refractivity contribution in [2.75, 3.05) is 0 Å². The number of hydrogen-bond acceptors (Lipinski definition) is 6. The summed E-state index contributed by atoms with van der Waals surface area (Å²) in [7, 11) is 0. The highest BCUT2D eigenvalue weighted by Gasteiger charge is 2.19. The van der Waals surface area contributed by atoms with Gasteiger partial charge in [-0.1, -0.05) is 24.2 Å². The molecule has 0 amide bonds. The summed E-state index contributed by atoms with van der Waals surface area (Å²) >= 11 is 0. The lowest BCUT2D eigenvalue weighted by Gasteiger charge is -2.09. The normalized spacial score (nSPS) is 14.1. The van der Waals surface area contributed by atoms with E-state index in [9.17, 15) is 10.1 Å². The van der Waals surface area contributed by atoms with Crippen LogP contribution in [0.15, 0.2) is 28.8 Å². The maximum absolute atomic E-state index is 10.7. The molecule has 1 aromatic heterocycles. The zero-order valence-electron chi connectivity index (χ0n) is 10.6. The van der Waals surface area contributed by atoms with E-state index >= 15 is 0 Å². The Bertz CT molecular complexity index is 594. The largest absolute Gasteiger partial charge is 0.339 e. The fourth-order valence-corrected chi connectivity index (χ4v) is 1.52. The molecule has 7 nitrogen and oxygen atoms in total. The van der Waals surface area contributed by atoms with Gasteiger partial charge < -0.3 is 10.3 Å². The smallest absolute Gasteiger partial charge is 0.270 e. The first kappa shape index (κ1) is 13.2. The topological polar surface area (TPSA) is 108 Å². The van der Waals surface area contributed by atoms with Gasteiger partial charge in [-0.25, -0.2) is 0 Å². The number of hydrogen-bond donors (Lipinski definition) is 1. The van der Waals surface area contributed by atoms with Gasteiger partial charge in [0.25, 0.3) is 5.69 Å². The first-order chi connectivity index (χ1) is 8.99. The molecule has 0 saturated carbocycles. The lowest BCUT2D eigenvalue weighted by Crippen LogP contribution is -2.22. The first-order valence-electron chi connectivity index (χ1n) is 5.83. The summed E-state index contributed by atoms with van der Waals surface area (Å²) in [5.74, 6) is 0.683. The molecule has 0 aliphatic heterocycles. The van der Waals surface area contributed by atoms with Crippen molar-refractivity contribution in [2.45, 2.75) is 25.8 Å². The lowest BCUT2D eigenvalue weighted by molar-refractivity contribution is -0.384. The van der Waals surface area contributed by atoms with Crippen molar-refractivity contribution in [3.63, 3.8) is 0 Å². The fraction of sp³-hybridized carbons (Fsp3) is 0.333. The molecule has 1 heterocycles. The van der Waals surface area contributed by atoms with Gasteiger partial charge in [-0.3, -0.25) is 10.1 Å². The molecule has 0 fully saturated rings. The Kier molecular flexibility index (Phi) is 3.57. The van der Waals surface area contributed by atoms with Crippen molar-refractivity contribution < 1.29 is 9.45 Å². The van der Waals surface area contributed by atoms with E-state index in [0.29, 0.717) is 17.3 Å². The Hall–Kier alpha value is -2.28. The molecular formula is C12H14N4O3. The van der Waals surface area contributed by atoms with Crippen molar-refractivity contribution in [1.29, 1.82) is 0 Å². The summed E-state index contributed by atoms with van der Waals surface area (Å²) in [5.41, 5.74) is 6.30. The molecule has 0 aliphatic rings. The molecule has 0 spiro atoms. The molecule has 0 radical (unpaired) electrons. The summed E-state index contributed by atoms with van der Waals surface area (Å²) in [6.07, 6.45) is 0. The van der Waals surface area contributed by atoms with Gasteiger partial charge in [0.1, 0.15) is 0 Å². The monoisotopic (exact) mass is 262 g/mol. The second-order valence-corrected chi connectivity index (χ2v) is 4.41. The summed E-state index contributed by atoms with van der Waals surface area (Å²) < 4.78 is 5.13. The highest BCUT2D eigenvalue weighted by molar-refractivity contribution is 5.58. The highest BCUT2D eigenvalue weighted by atomic mass is 16.6. The maximum atomic E-state index is 10.7. The Balaban J connectivity index is 2.33. The number of nitrogens with zero attached hydrogens (tertiary/aromatic N) is 3. The fourth-order valence-electron chi connectivity index (χ4n) is 1.52. The lowest BCUT2D eigenvalue weighted by atomic mass is 10.1. The van der Waals surface area contributed by atoms with Crippen LogP contribution >= 0.6 is 0 Å². The van der Waals surface area contributed by atoms with Gasteiger partial charge in [0.2, 0.25) is 11.7 Å². The van der Waals surface area contributed by atoms with Gasteiger partial charge in [0, 0.05) is 23.7 Å². The van der Waals surface area contributed by atoms with Crippen molar-refractivity contribution in [3.8, 4) is 11.4 Å². The number of non-ortho nitro benzene ring substituents is 1. The molecule has 19 heavy (non-hydrogen) atoms. The number of aromatic nitrogens is 2. The van der Waals surface area contributed by atoms with E-state index in [1.165, 1.54) is 12.1 Å². The maximum Gasteiger partial charge on any atom is 0.270 e. The summed E-state index contributed by atoms with van der Waals surface area (Å²) in [5, 5.41) is 14.5. The van der Waals surface area contributed by atoms with Crippen LogP contribution in [0.1, 0.15) is 25.7 Å². The number of rotatable bonds is 4. The molecule has 2 unspecified atom stereocenters. The molecule has 0 bridgehead atoms. The Labute approximate surface area is 109 Å². The van der Waals surface area contributed by atoms with E-state index in [1.54, 1.807) is 12.1 Å². The quantitative estimate of drug-likeness (QED) is 0.667. The van der Waals surface area contributed by atoms with Crippen LogP contribution in [-0.2, 0) is 0 Å². The number of nitro groups is 1. The summed E-state index contributed by atoms with van der Waals surface area (Å²) in [6, 6.07) is 5.98. The van der Waals surface area contributed by atoms with Crippen LogP contribution in [0, 0.1) is 10.1 Å². The predicted octanol–water partition coefficient (Wildman–Crippen LogP) is 2.10. The van der Waals surface area contributed by atoms with Gasteiger partial charge in [-0.2, -0.15) is 4.98 Å². The van der Waals surface area contributed by atoms with Crippen molar-refractivity contribution in [2.24, 2.45) is 5.73 Å². The van der Waals surface area contributed by atoms with Crippen LogP contribution in [0.25, 0.3) is 11.4 Å². The Morgan fingerprint density at radius 1 is 1.42 bits per heavy atom. The van der Waals surface area contributed by atoms with E-state index in [0.717, 1.165) is 0 Å². The van der Waals surface area contributed by atoms with E-state index in [-0.39, 0.29) is 17.6 Å². The van der Waals surface area contributed by atoms with Gasteiger partial charge in [-0.05, 0) is 6.92 Å². The number of nitrogens with two attached hydrogens (primary N) is 1. The van der Waals surface area contributed by atoms with Gasteiger partial charge in [0.15, 0.2) is 0 Å². The predicted molar refractivity (Wildman–Crippen MR) is 68.5 cm³/mol. The van der Waals surface area contributed by atoms with Gasteiger partial charge >= 0.3 is 0 Å². The van der Waals surface area contributed by atoms with E-state index in [1.807, 2.05) is 13.8 Å². The van der Waals surface area contributed by atoms with Crippen LogP contribution < -0.4 is 5.73 Å². The van der Waals surface area contributed by atoms with Gasteiger partial charge in [-0.15, -0.1) is 0 Å². The van der Waals surface area contributed by atoms with Crippen molar-refractivity contribution >= 4 is 5.69 Å². The van der Waals surface area contributed by atoms with Crippen LogP contribution in [0.5, 0.6) is 0 Å². The minimum atomic E-state index is -0.463. The molecule has 2 aromatic rings. The molecule has 1 aromatic carbocycles. The zero-order chi connectivity index (χ0) is 14.0. The molecular weight excluding hydrogens is 248 g/mol. The summed E-state index contributed by atoms with van der Waals surface area (Å²) in [6.45, 7) is 3.73. The average molecular weight is 262 g/mol. The van der Waals surface area contributed by atoms with Crippen molar-refractivity contribution in [3.05, 3.63) is 40.3 Å². The minimum absolute atomic E-state index is 0.0101. The molecule has 7 heteroatoms. The first-order valence-corrected chi connectivity index (χ1v) is 5.83.